The van der Waals surface area contributed by atoms with Crippen LogP contribution in [0.2, 0.25) is 0 Å². The van der Waals surface area contributed by atoms with E-state index in [2.05, 4.69) is 40.1 Å². The Bertz CT molecular complexity index is 320. The predicted molar refractivity (Wildman–Crippen MR) is 84.6 cm³/mol. The topological polar surface area (TPSA) is 39.7 Å². The van der Waals surface area contributed by atoms with Crippen molar-refractivity contribution in [2.75, 3.05) is 33.5 Å². The normalized spacial score (nSPS) is 33.3. The third kappa shape index (κ3) is 3.98. The van der Waals surface area contributed by atoms with Crippen LogP contribution >= 0.6 is 0 Å². The maximum Gasteiger partial charge on any atom is 0.0939 e. The van der Waals surface area contributed by atoms with Gasteiger partial charge in [-0.2, -0.15) is 0 Å². The molecule has 2 aliphatic rings. The SMILES string of the molecule is CCOC(C(NC)C1CCOC2(CCOC2)C1)C(C)(C)C. The summed E-state index contributed by atoms with van der Waals surface area (Å²) in [6, 6.07) is 0.367. The first-order chi connectivity index (χ1) is 9.92. The molecule has 4 nitrogen and oxygen atoms in total. The highest BCUT2D eigenvalue weighted by molar-refractivity contribution is 4.97. The molecule has 0 aliphatic carbocycles. The Hall–Kier alpha value is -0.160. The maximum absolute atomic E-state index is 6.13. The Morgan fingerprint density at radius 2 is 2.10 bits per heavy atom. The summed E-state index contributed by atoms with van der Waals surface area (Å²) in [5.41, 5.74) is 0.0913. The summed E-state index contributed by atoms with van der Waals surface area (Å²) < 4.78 is 17.8. The Morgan fingerprint density at radius 3 is 2.62 bits per heavy atom. The van der Waals surface area contributed by atoms with Crippen LogP contribution in [-0.2, 0) is 14.2 Å². The summed E-state index contributed by atoms with van der Waals surface area (Å²) in [5, 5.41) is 3.55. The molecule has 4 unspecified atom stereocenters. The zero-order valence-corrected chi connectivity index (χ0v) is 14.4. The molecule has 2 rings (SSSR count). The van der Waals surface area contributed by atoms with E-state index in [1.54, 1.807) is 0 Å². The second-order valence-electron chi connectivity index (χ2n) is 7.64. The largest absolute Gasteiger partial charge is 0.378 e. The smallest absolute Gasteiger partial charge is 0.0939 e. The van der Waals surface area contributed by atoms with Gasteiger partial charge in [-0.3, -0.25) is 0 Å². The first-order valence-electron chi connectivity index (χ1n) is 8.42. The lowest BCUT2D eigenvalue weighted by atomic mass is 9.74. The molecule has 0 saturated carbocycles. The van der Waals surface area contributed by atoms with Gasteiger partial charge in [-0.05, 0) is 38.1 Å². The van der Waals surface area contributed by atoms with E-state index < -0.39 is 0 Å². The molecule has 0 radical (unpaired) electrons. The minimum absolute atomic E-state index is 0.0351. The fourth-order valence-electron chi connectivity index (χ4n) is 3.94. The molecular formula is C17H33NO3. The van der Waals surface area contributed by atoms with E-state index in [4.69, 9.17) is 14.2 Å². The molecule has 0 aromatic rings. The molecule has 0 bridgehead atoms. The molecule has 2 fully saturated rings. The molecule has 0 aromatic carbocycles. The highest BCUT2D eigenvalue weighted by Gasteiger charge is 2.45. The molecule has 2 aliphatic heterocycles. The Labute approximate surface area is 129 Å². The van der Waals surface area contributed by atoms with Gasteiger partial charge in [0.15, 0.2) is 0 Å². The maximum atomic E-state index is 6.13. The summed E-state index contributed by atoms with van der Waals surface area (Å²) in [6.07, 6.45) is 3.44. The lowest BCUT2D eigenvalue weighted by Gasteiger charge is -2.45. The van der Waals surface area contributed by atoms with E-state index in [1.807, 2.05) is 0 Å². The average Bonchev–Trinajstić information content (AvgIpc) is 2.86. The Kier molecular flexibility index (Phi) is 5.69. The highest BCUT2D eigenvalue weighted by atomic mass is 16.6. The van der Waals surface area contributed by atoms with Gasteiger partial charge in [-0.15, -0.1) is 0 Å². The van der Waals surface area contributed by atoms with Crippen LogP contribution in [0, 0.1) is 11.3 Å². The van der Waals surface area contributed by atoms with Crippen molar-refractivity contribution in [1.82, 2.24) is 5.32 Å². The van der Waals surface area contributed by atoms with Crippen LogP contribution in [0.15, 0.2) is 0 Å². The van der Waals surface area contributed by atoms with Crippen molar-refractivity contribution in [2.24, 2.45) is 11.3 Å². The minimum Gasteiger partial charge on any atom is -0.378 e. The fourth-order valence-corrected chi connectivity index (χ4v) is 3.94. The lowest BCUT2D eigenvalue weighted by molar-refractivity contribution is -0.121. The molecule has 1 spiro atoms. The molecule has 4 atom stereocenters. The predicted octanol–water partition coefficient (Wildman–Crippen LogP) is 2.61. The molecule has 1 N–H and O–H groups in total. The molecule has 0 amide bonds. The number of nitrogens with one attached hydrogen (secondary N) is 1. The molecule has 21 heavy (non-hydrogen) atoms. The number of hydrogen-bond acceptors (Lipinski definition) is 4. The van der Waals surface area contributed by atoms with Crippen LogP contribution in [0.1, 0.15) is 47.0 Å². The molecular weight excluding hydrogens is 266 g/mol. The first-order valence-corrected chi connectivity index (χ1v) is 8.42. The van der Waals surface area contributed by atoms with Crippen LogP contribution in [0.3, 0.4) is 0 Å². The van der Waals surface area contributed by atoms with Crippen LogP contribution in [0.4, 0.5) is 0 Å². The van der Waals surface area contributed by atoms with E-state index in [0.29, 0.717) is 12.0 Å². The molecule has 4 heteroatoms. The third-order valence-electron chi connectivity index (χ3n) is 4.97. The van der Waals surface area contributed by atoms with Crippen molar-refractivity contribution in [2.45, 2.75) is 64.7 Å². The monoisotopic (exact) mass is 299 g/mol. The van der Waals surface area contributed by atoms with Gasteiger partial charge in [-0.25, -0.2) is 0 Å². The first kappa shape index (κ1) is 17.2. The average molecular weight is 299 g/mol. The summed E-state index contributed by atoms with van der Waals surface area (Å²) >= 11 is 0. The number of likely N-dealkylation sites (N-methyl/N-ethyl adjacent to an activating group) is 1. The zero-order valence-electron chi connectivity index (χ0n) is 14.4. The summed E-state index contributed by atoms with van der Waals surface area (Å²) in [5.74, 6) is 0.584. The Balaban J connectivity index is 2.11. The fraction of sp³-hybridized carbons (Fsp3) is 1.00. The van der Waals surface area contributed by atoms with Gasteiger partial charge >= 0.3 is 0 Å². The second-order valence-corrected chi connectivity index (χ2v) is 7.64. The minimum atomic E-state index is -0.0351. The summed E-state index contributed by atoms with van der Waals surface area (Å²) in [4.78, 5) is 0. The molecule has 124 valence electrons. The lowest BCUT2D eigenvalue weighted by Crippen LogP contribution is -2.55. The van der Waals surface area contributed by atoms with Gasteiger partial charge in [-0.1, -0.05) is 20.8 Å². The number of ether oxygens (including phenoxy) is 3. The Morgan fingerprint density at radius 1 is 1.33 bits per heavy atom. The van der Waals surface area contributed by atoms with E-state index in [-0.39, 0.29) is 17.1 Å². The van der Waals surface area contributed by atoms with E-state index in [9.17, 15) is 0 Å². The zero-order chi connectivity index (χ0) is 15.5. The van der Waals surface area contributed by atoms with Gasteiger partial charge in [0.25, 0.3) is 0 Å². The summed E-state index contributed by atoms with van der Waals surface area (Å²) in [6.45, 7) is 12.1. The quantitative estimate of drug-likeness (QED) is 0.847. The van der Waals surface area contributed by atoms with Crippen molar-refractivity contribution >= 4 is 0 Å². The number of rotatable bonds is 5. The number of hydrogen-bond donors (Lipinski definition) is 1. The van der Waals surface area contributed by atoms with Crippen molar-refractivity contribution in [3.8, 4) is 0 Å². The van der Waals surface area contributed by atoms with Crippen LogP contribution < -0.4 is 5.32 Å². The standard InChI is InChI=1S/C17H33NO3/c1-6-20-15(16(2,3)4)14(18-5)13-7-9-21-17(11-13)8-10-19-12-17/h13-15,18H,6-12H2,1-5H3. The van der Waals surface area contributed by atoms with Crippen LogP contribution in [-0.4, -0.2) is 51.2 Å². The van der Waals surface area contributed by atoms with Gasteiger partial charge in [0.2, 0.25) is 0 Å². The molecule has 0 aromatic heterocycles. The summed E-state index contributed by atoms with van der Waals surface area (Å²) in [7, 11) is 2.07. The van der Waals surface area contributed by atoms with E-state index >= 15 is 0 Å². The highest BCUT2D eigenvalue weighted by Crippen LogP contribution is 2.40. The molecule has 2 saturated heterocycles. The van der Waals surface area contributed by atoms with Crippen LogP contribution in [0.5, 0.6) is 0 Å². The van der Waals surface area contributed by atoms with E-state index in [0.717, 1.165) is 45.7 Å². The third-order valence-corrected chi connectivity index (χ3v) is 4.97. The van der Waals surface area contributed by atoms with Crippen molar-refractivity contribution in [3.05, 3.63) is 0 Å². The van der Waals surface area contributed by atoms with Gasteiger partial charge in [0.1, 0.15) is 0 Å². The van der Waals surface area contributed by atoms with E-state index in [1.165, 1.54) is 0 Å². The van der Waals surface area contributed by atoms with Crippen molar-refractivity contribution in [3.63, 3.8) is 0 Å². The van der Waals surface area contributed by atoms with Crippen molar-refractivity contribution < 1.29 is 14.2 Å². The molecule has 2 heterocycles. The van der Waals surface area contributed by atoms with Gasteiger partial charge in [0.05, 0.1) is 18.3 Å². The van der Waals surface area contributed by atoms with Gasteiger partial charge < -0.3 is 19.5 Å². The second kappa shape index (κ2) is 6.95. The van der Waals surface area contributed by atoms with Crippen molar-refractivity contribution in [1.29, 1.82) is 0 Å². The van der Waals surface area contributed by atoms with Gasteiger partial charge in [0, 0.05) is 32.3 Å². The van der Waals surface area contributed by atoms with Crippen LogP contribution in [0.25, 0.3) is 0 Å².